The molecule has 0 spiro atoms. The predicted molar refractivity (Wildman–Crippen MR) is 56.4 cm³/mol. The molecule has 15 heavy (non-hydrogen) atoms. The highest BCUT2D eigenvalue weighted by Gasteiger charge is 2.44. The van der Waals surface area contributed by atoms with Gasteiger partial charge in [-0.05, 0) is 12.8 Å². The number of carbonyl (C=O) groups excluding carboxylic acids is 1. The van der Waals surface area contributed by atoms with Crippen LogP contribution in [0.15, 0.2) is 0 Å². The van der Waals surface area contributed by atoms with Gasteiger partial charge in [0.1, 0.15) is 0 Å². The van der Waals surface area contributed by atoms with Crippen LogP contribution in [0.3, 0.4) is 0 Å². The lowest BCUT2D eigenvalue weighted by molar-refractivity contribution is -0.148. The van der Waals surface area contributed by atoms with Gasteiger partial charge < -0.3 is 10.0 Å². The maximum Gasteiger partial charge on any atom is 0.311 e. The Hall–Kier alpha value is -1.06. The minimum absolute atomic E-state index is 0.0496. The van der Waals surface area contributed by atoms with Gasteiger partial charge in [0.15, 0.2) is 0 Å². The average Bonchev–Trinajstić information content (AvgIpc) is 2.61. The first-order valence-corrected chi connectivity index (χ1v) is 5.45. The van der Waals surface area contributed by atoms with E-state index in [1.165, 1.54) is 0 Å². The molecule has 1 aliphatic rings. The molecule has 1 saturated heterocycles. The minimum atomic E-state index is -0.774. The fraction of sp³-hybridized carbons (Fsp3) is 0.818. The Kier molecular flexibility index (Phi) is 3.37. The summed E-state index contributed by atoms with van der Waals surface area (Å²) in [5, 5.41) is 9.16. The van der Waals surface area contributed by atoms with Crippen molar-refractivity contribution in [2.45, 2.75) is 33.6 Å². The van der Waals surface area contributed by atoms with Crippen LogP contribution in [0.5, 0.6) is 0 Å². The molecule has 0 aromatic carbocycles. The second kappa shape index (κ2) is 4.21. The van der Waals surface area contributed by atoms with E-state index in [9.17, 15) is 9.59 Å². The molecule has 4 nitrogen and oxygen atoms in total. The molecular formula is C11H19NO3. The number of aliphatic carboxylic acids is 1. The lowest BCUT2D eigenvalue weighted by Crippen LogP contribution is -2.38. The van der Waals surface area contributed by atoms with Crippen LogP contribution in [0.25, 0.3) is 0 Å². The molecule has 1 atom stereocenters. The minimum Gasteiger partial charge on any atom is -0.481 e. The van der Waals surface area contributed by atoms with Gasteiger partial charge in [0.2, 0.25) is 5.91 Å². The Morgan fingerprint density at radius 3 is 2.40 bits per heavy atom. The van der Waals surface area contributed by atoms with Crippen molar-refractivity contribution < 1.29 is 14.7 Å². The van der Waals surface area contributed by atoms with Crippen LogP contribution in [0.1, 0.15) is 33.6 Å². The number of carboxylic acids is 1. The number of hydrogen-bond acceptors (Lipinski definition) is 2. The maximum absolute atomic E-state index is 11.7. The molecule has 1 rings (SSSR count). The van der Waals surface area contributed by atoms with Crippen LogP contribution in [-0.4, -0.2) is 35.0 Å². The van der Waals surface area contributed by atoms with E-state index in [0.717, 1.165) is 0 Å². The average molecular weight is 213 g/mol. The SMILES string of the molecule is CCC1(C(=O)O)CCN(C(=O)C(C)C)C1. The van der Waals surface area contributed by atoms with Crippen LogP contribution >= 0.6 is 0 Å². The van der Waals surface area contributed by atoms with Crippen molar-refractivity contribution in [3.63, 3.8) is 0 Å². The largest absolute Gasteiger partial charge is 0.481 e. The van der Waals surface area contributed by atoms with Crippen molar-refractivity contribution in [2.24, 2.45) is 11.3 Å². The third-order valence-corrected chi connectivity index (χ3v) is 3.29. The standard InChI is InChI=1S/C11H19NO3/c1-4-11(10(14)15)5-6-12(7-11)9(13)8(2)3/h8H,4-7H2,1-3H3,(H,14,15). The van der Waals surface area contributed by atoms with Gasteiger partial charge in [0.05, 0.1) is 5.41 Å². The smallest absolute Gasteiger partial charge is 0.311 e. The lowest BCUT2D eigenvalue weighted by atomic mass is 9.84. The van der Waals surface area contributed by atoms with Crippen molar-refractivity contribution in [3.8, 4) is 0 Å². The van der Waals surface area contributed by atoms with Crippen LogP contribution in [0.4, 0.5) is 0 Å². The Bertz CT molecular complexity index is 275. The second-order valence-electron chi connectivity index (χ2n) is 4.60. The fourth-order valence-corrected chi connectivity index (χ4v) is 2.04. The Labute approximate surface area is 90.3 Å². The van der Waals surface area contributed by atoms with Gasteiger partial charge in [-0.15, -0.1) is 0 Å². The molecular weight excluding hydrogens is 194 g/mol. The predicted octanol–water partition coefficient (Wildman–Crippen LogP) is 1.36. The van der Waals surface area contributed by atoms with Gasteiger partial charge in [0, 0.05) is 19.0 Å². The molecule has 0 aromatic rings. The highest BCUT2D eigenvalue weighted by atomic mass is 16.4. The third kappa shape index (κ3) is 2.13. The van der Waals surface area contributed by atoms with Gasteiger partial charge in [-0.3, -0.25) is 9.59 Å². The second-order valence-corrected chi connectivity index (χ2v) is 4.60. The number of rotatable bonds is 3. The van der Waals surface area contributed by atoms with Crippen molar-refractivity contribution in [1.29, 1.82) is 0 Å². The molecule has 1 heterocycles. The summed E-state index contributed by atoms with van der Waals surface area (Å²) >= 11 is 0. The number of carboxylic acid groups (broad SMARTS) is 1. The van der Waals surface area contributed by atoms with Crippen molar-refractivity contribution in [2.75, 3.05) is 13.1 Å². The maximum atomic E-state index is 11.7. The molecule has 0 saturated carbocycles. The summed E-state index contributed by atoms with van der Waals surface area (Å²) in [5.41, 5.74) is -0.704. The van der Waals surface area contributed by atoms with Gasteiger partial charge in [0.25, 0.3) is 0 Å². The van der Waals surface area contributed by atoms with E-state index in [1.807, 2.05) is 20.8 Å². The first kappa shape index (κ1) is 12.0. The van der Waals surface area contributed by atoms with E-state index in [0.29, 0.717) is 25.9 Å². The molecule has 0 bridgehead atoms. The summed E-state index contributed by atoms with van der Waals surface area (Å²) in [6.07, 6.45) is 1.17. The highest BCUT2D eigenvalue weighted by Crippen LogP contribution is 2.34. The first-order valence-electron chi connectivity index (χ1n) is 5.45. The monoisotopic (exact) mass is 213 g/mol. The number of amides is 1. The van der Waals surface area contributed by atoms with Crippen LogP contribution in [0.2, 0.25) is 0 Å². The molecule has 1 amide bonds. The lowest BCUT2D eigenvalue weighted by Gasteiger charge is -2.24. The van der Waals surface area contributed by atoms with Crippen molar-refractivity contribution in [3.05, 3.63) is 0 Å². The number of nitrogens with zero attached hydrogens (tertiary/aromatic N) is 1. The molecule has 0 aromatic heterocycles. The third-order valence-electron chi connectivity index (χ3n) is 3.29. The molecule has 86 valence electrons. The van der Waals surface area contributed by atoms with Gasteiger partial charge in [-0.25, -0.2) is 0 Å². The van der Waals surface area contributed by atoms with E-state index < -0.39 is 11.4 Å². The molecule has 1 aliphatic heterocycles. The Morgan fingerprint density at radius 1 is 1.47 bits per heavy atom. The van der Waals surface area contributed by atoms with Gasteiger partial charge >= 0.3 is 5.97 Å². The van der Waals surface area contributed by atoms with Gasteiger partial charge in [-0.2, -0.15) is 0 Å². The van der Waals surface area contributed by atoms with Crippen LogP contribution in [0, 0.1) is 11.3 Å². The molecule has 1 N–H and O–H groups in total. The van der Waals surface area contributed by atoms with Gasteiger partial charge in [-0.1, -0.05) is 20.8 Å². The highest BCUT2D eigenvalue weighted by molar-refractivity contribution is 5.81. The molecule has 0 aliphatic carbocycles. The van der Waals surface area contributed by atoms with Crippen molar-refractivity contribution in [1.82, 2.24) is 4.90 Å². The summed E-state index contributed by atoms with van der Waals surface area (Å²) < 4.78 is 0. The Balaban J connectivity index is 2.73. The molecule has 1 fully saturated rings. The van der Waals surface area contributed by atoms with E-state index in [1.54, 1.807) is 4.90 Å². The first-order chi connectivity index (χ1) is 6.93. The number of likely N-dealkylation sites (tertiary alicyclic amines) is 1. The summed E-state index contributed by atoms with van der Waals surface area (Å²) in [4.78, 5) is 24.5. The number of hydrogen-bond donors (Lipinski definition) is 1. The van der Waals surface area contributed by atoms with Crippen LogP contribution in [-0.2, 0) is 9.59 Å². The summed E-state index contributed by atoms with van der Waals surface area (Å²) in [6, 6.07) is 0. The van der Waals surface area contributed by atoms with E-state index in [2.05, 4.69) is 0 Å². The summed E-state index contributed by atoms with van der Waals surface area (Å²) in [7, 11) is 0. The Morgan fingerprint density at radius 2 is 2.07 bits per heavy atom. The fourth-order valence-electron chi connectivity index (χ4n) is 2.04. The van der Waals surface area contributed by atoms with E-state index in [4.69, 9.17) is 5.11 Å². The molecule has 4 heteroatoms. The quantitative estimate of drug-likeness (QED) is 0.770. The zero-order valence-corrected chi connectivity index (χ0v) is 9.62. The van der Waals surface area contributed by atoms with Crippen molar-refractivity contribution >= 4 is 11.9 Å². The van der Waals surface area contributed by atoms with E-state index >= 15 is 0 Å². The number of carbonyl (C=O) groups is 2. The molecule has 1 unspecified atom stereocenters. The summed E-state index contributed by atoms with van der Waals surface area (Å²) in [5.74, 6) is -0.762. The van der Waals surface area contributed by atoms with Crippen LogP contribution < -0.4 is 0 Å². The summed E-state index contributed by atoms with van der Waals surface area (Å²) in [6.45, 7) is 6.51. The zero-order chi connectivity index (χ0) is 11.6. The van der Waals surface area contributed by atoms with E-state index in [-0.39, 0.29) is 11.8 Å². The topological polar surface area (TPSA) is 57.6 Å². The normalized spacial score (nSPS) is 26.0. The molecule has 0 radical (unpaired) electrons. The zero-order valence-electron chi connectivity index (χ0n) is 9.62.